The molecule has 2 rings (SSSR count). The number of methoxy groups -OCH3 is 1. The minimum Gasteiger partial charge on any atom is -0.497 e. The lowest BCUT2D eigenvalue weighted by Gasteiger charge is -2.34. The van der Waals surface area contributed by atoms with Gasteiger partial charge in [-0.3, -0.25) is 0 Å². The molecular formula is C16H23NO6S2. The van der Waals surface area contributed by atoms with Crippen LogP contribution < -0.4 is 4.74 Å². The van der Waals surface area contributed by atoms with Crippen LogP contribution in [-0.2, 0) is 19.6 Å². The molecule has 140 valence electrons. The number of benzene rings is 1. The number of thioether (sulfide) groups is 1. The molecule has 0 radical (unpaired) electrons. The van der Waals surface area contributed by atoms with Crippen molar-refractivity contribution in [3.05, 3.63) is 23.3 Å². The van der Waals surface area contributed by atoms with Crippen LogP contribution in [0.3, 0.4) is 0 Å². The van der Waals surface area contributed by atoms with Crippen LogP contribution in [0.5, 0.6) is 5.75 Å². The topological polar surface area (TPSA) is 93.1 Å². The van der Waals surface area contributed by atoms with Crippen molar-refractivity contribution >= 4 is 27.8 Å². The zero-order valence-electron chi connectivity index (χ0n) is 14.5. The first kappa shape index (κ1) is 20.0. The molecule has 0 amide bonds. The van der Waals surface area contributed by atoms with Crippen LogP contribution in [-0.4, -0.2) is 68.2 Å². The van der Waals surface area contributed by atoms with E-state index in [0.717, 1.165) is 0 Å². The molecule has 1 aromatic rings. The van der Waals surface area contributed by atoms with Gasteiger partial charge in [0, 0.05) is 18.1 Å². The summed E-state index contributed by atoms with van der Waals surface area (Å²) in [5.74, 6) is 0.819. The van der Waals surface area contributed by atoms with Crippen LogP contribution in [0.25, 0.3) is 0 Å². The highest BCUT2D eigenvalue weighted by Gasteiger charge is 2.35. The molecule has 9 heteroatoms. The molecule has 1 aliphatic heterocycles. The minimum atomic E-state index is -3.71. The molecule has 1 aromatic carbocycles. The van der Waals surface area contributed by atoms with Gasteiger partial charge < -0.3 is 14.6 Å². The number of hydrogen-bond donors (Lipinski definition) is 1. The van der Waals surface area contributed by atoms with Crippen molar-refractivity contribution in [1.82, 2.24) is 4.31 Å². The maximum absolute atomic E-state index is 13.2. The van der Waals surface area contributed by atoms with Crippen molar-refractivity contribution in [3.63, 3.8) is 0 Å². The lowest BCUT2D eigenvalue weighted by atomic mass is 10.1. The highest BCUT2D eigenvalue weighted by atomic mass is 32.2. The van der Waals surface area contributed by atoms with Gasteiger partial charge in [0.2, 0.25) is 10.0 Å². The number of rotatable bonds is 7. The SMILES string of the molecule is COc1cc(C)c(S(=O)(=O)N2CCSCC2COCC(=O)O)c(C)c1. The zero-order chi connectivity index (χ0) is 18.6. The fourth-order valence-corrected chi connectivity index (χ4v) is 6.20. The Bertz CT molecular complexity index is 711. The van der Waals surface area contributed by atoms with E-state index in [4.69, 9.17) is 14.6 Å². The van der Waals surface area contributed by atoms with Gasteiger partial charge >= 0.3 is 5.97 Å². The van der Waals surface area contributed by atoms with E-state index in [1.165, 1.54) is 4.31 Å². The number of carboxylic acids is 1. The fourth-order valence-electron chi connectivity index (χ4n) is 2.92. The summed E-state index contributed by atoms with van der Waals surface area (Å²) in [6.07, 6.45) is 0. The number of hydrogen-bond acceptors (Lipinski definition) is 6. The molecule has 1 heterocycles. The lowest BCUT2D eigenvalue weighted by molar-refractivity contribution is -0.142. The first-order valence-electron chi connectivity index (χ1n) is 7.81. The van der Waals surface area contributed by atoms with E-state index >= 15 is 0 Å². The first-order valence-corrected chi connectivity index (χ1v) is 10.4. The van der Waals surface area contributed by atoms with Crippen molar-refractivity contribution in [2.24, 2.45) is 0 Å². The van der Waals surface area contributed by atoms with Gasteiger partial charge in [-0.05, 0) is 37.1 Å². The van der Waals surface area contributed by atoms with Crippen molar-refractivity contribution in [2.75, 3.05) is 38.4 Å². The lowest BCUT2D eigenvalue weighted by Crippen LogP contribution is -2.48. The summed E-state index contributed by atoms with van der Waals surface area (Å²) in [5.41, 5.74) is 1.25. The maximum atomic E-state index is 13.2. The highest BCUT2D eigenvalue weighted by molar-refractivity contribution is 7.99. The van der Waals surface area contributed by atoms with Crippen molar-refractivity contribution in [3.8, 4) is 5.75 Å². The molecular weight excluding hydrogens is 366 g/mol. The molecule has 0 saturated carbocycles. The summed E-state index contributed by atoms with van der Waals surface area (Å²) in [6.45, 7) is 3.50. The average Bonchev–Trinajstić information content (AvgIpc) is 2.53. The van der Waals surface area contributed by atoms with Gasteiger partial charge in [0.25, 0.3) is 0 Å². The third kappa shape index (κ3) is 4.66. The summed E-state index contributed by atoms with van der Waals surface area (Å²) in [5, 5.41) is 8.69. The molecule has 0 aromatic heterocycles. The number of carboxylic acid groups (broad SMARTS) is 1. The van der Waals surface area contributed by atoms with Crippen LogP contribution in [0.1, 0.15) is 11.1 Å². The third-order valence-corrected chi connectivity index (χ3v) is 7.30. The van der Waals surface area contributed by atoms with E-state index in [1.807, 2.05) is 0 Å². The van der Waals surface area contributed by atoms with Gasteiger partial charge in [0.15, 0.2) is 0 Å². The van der Waals surface area contributed by atoms with Crippen molar-refractivity contribution < 1.29 is 27.8 Å². The van der Waals surface area contributed by atoms with Crippen LogP contribution in [0.2, 0.25) is 0 Å². The zero-order valence-corrected chi connectivity index (χ0v) is 16.2. The van der Waals surface area contributed by atoms with E-state index in [-0.39, 0.29) is 17.5 Å². The molecule has 1 atom stereocenters. The molecule has 1 unspecified atom stereocenters. The normalized spacial score (nSPS) is 18.9. The number of carbonyl (C=O) groups is 1. The number of aliphatic carboxylic acids is 1. The van der Waals surface area contributed by atoms with E-state index in [1.54, 1.807) is 44.9 Å². The molecule has 25 heavy (non-hydrogen) atoms. The number of nitrogens with zero attached hydrogens (tertiary/aromatic N) is 1. The first-order chi connectivity index (χ1) is 11.8. The highest BCUT2D eigenvalue weighted by Crippen LogP contribution is 2.31. The minimum absolute atomic E-state index is 0.0623. The Hall–Kier alpha value is -1.29. The summed E-state index contributed by atoms with van der Waals surface area (Å²) in [7, 11) is -2.17. The molecule has 1 fully saturated rings. The van der Waals surface area contributed by atoms with Crippen LogP contribution >= 0.6 is 11.8 Å². The summed E-state index contributed by atoms with van der Waals surface area (Å²) in [4.78, 5) is 10.9. The van der Waals surface area contributed by atoms with Gasteiger partial charge in [-0.2, -0.15) is 16.1 Å². The molecule has 0 spiro atoms. The van der Waals surface area contributed by atoms with Gasteiger partial charge in [-0.15, -0.1) is 0 Å². The Morgan fingerprint density at radius 3 is 2.56 bits per heavy atom. The maximum Gasteiger partial charge on any atom is 0.329 e. The second kappa shape index (κ2) is 8.39. The van der Waals surface area contributed by atoms with Gasteiger partial charge in [0.05, 0.1) is 24.7 Å². The predicted octanol–water partition coefficient (Wildman–Crippen LogP) is 1.52. The Balaban J connectivity index is 2.31. The van der Waals surface area contributed by atoms with Crippen molar-refractivity contribution in [1.29, 1.82) is 0 Å². The Kier molecular flexibility index (Phi) is 6.72. The predicted molar refractivity (Wildman–Crippen MR) is 95.9 cm³/mol. The van der Waals surface area contributed by atoms with Crippen LogP contribution in [0.4, 0.5) is 0 Å². The molecule has 0 aliphatic carbocycles. The molecule has 1 N–H and O–H groups in total. The Morgan fingerprint density at radius 1 is 1.36 bits per heavy atom. The van der Waals surface area contributed by atoms with E-state index in [2.05, 4.69) is 0 Å². The van der Waals surface area contributed by atoms with Crippen molar-refractivity contribution in [2.45, 2.75) is 24.8 Å². The molecule has 1 aliphatic rings. The summed E-state index contributed by atoms with van der Waals surface area (Å²) >= 11 is 1.64. The van der Waals surface area contributed by atoms with Gasteiger partial charge in [-0.25, -0.2) is 13.2 Å². The van der Waals surface area contributed by atoms with Crippen LogP contribution in [0.15, 0.2) is 17.0 Å². The number of sulfonamides is 1. The molecule has 0 bridgehead atoms. The third-order valence-electron chi connectivity index (χ3n) is 3.95. The Morgan fingerprint density at radius 2 is 2.00 bits per heavy atom. The quantitative estimate of drug-likeness (QED) is 0.756. The smallest absolute Gasteiger partial charge is 0.329 e. The summed E-state index contributed by atoms with van der Waals surface area (Å²) < 4.78 is 38.3. The fraction of sp³-hybridized carbons (Fsp3) is 0.562. The number of aryl methyl sites for hydroxylation is 2. The monoisotopic (exact) mass is 389 g/mol. The number of ether oxygens (including phenoxy) is 2. The molecule has 7 nitrogen and oxygen atoms in total. The second-order valence-electron chi connectivity index (χ2n) is 5.84. The van der Waals surface area contributed by atoms with Crippen LogP contribution in [0, 0.1) is 13.8 Å². The Labute approximate surface area is 152 Å². The van der Waals surface area contributed by atoms with E-state index in [0.29, 0.717) is 34.9 Å². The second-order valence-corrected chi connectivity index (χ2v) is 8.82. The standard InChI is InChI=1S/C16H23NO6S2/c1-11-6-14(22-3)7-12(2)16(11)25(20,21)17-4-5-24-10-13(17)8-23-9-15(18)19/h6-7,13H,4-5,8-10H2,1-3H3,(H,18,19). The average molecular weight is 389 g/mol. The van der Waals surface area contributed by atoms with Gasteiger partial charge in [-0.1, -0.05) is 0 Å². The van der Waals surface area contributed by atoms with Gasteiger partial charge in [0.1, 0.15) is 12.4 Å². The largest absolute Gasteiger partial charge is 0.497 e. The van der Waals surface area contributed by atoms with E-state index in [9.17, 15) is 13.2 Å². The molecule has 1 saturated heterocycles. The summed E-state index contributed by atoms with van der Waals surface area (Å²) in [6, 6.07) is 3.02. The van der Waals surface area contributed by atoms with E-state index < -0.39 is 22.6 Å².